The lowest BCUT2D eigenvalue weighted by molar-refractivity contribution is -0.173. The van der Waals surface area contributed by atoms with Gasteiger partial charge in [0.25, 0.3) is 0 Å². The molecule has 0 spiro atoms. The number of esters is 1. The maximum atomic E-state index is 12.7. The first-order valence-electron chi connectivity index (χ1n) is 9.22. The molecule has 1 atom stereocenters. The zero-order valence-electron chi connectivity index (χ0n) is 15.4. The first-order chi connectivity index (χ1) is 12.5. The number of likely N-dealkylation sites (tertiary alicyclic amines) is 1. The number of hydrogen-bond donors (Lipinski definition) is 1. The first-order valence-corrected chi connectivity index (χ1v) is 9.60. The molecule has 0 bridgehead atoms. The fourth-order valence-electron chi connectivity index (χ4n) is 3.82. The van der Waals surface area contributed by atoms with Crippen molar-refractivity contribution in [2.75, 3.05) is 39.1 Å². The number of fused-ring (bicyclic) bond motifs is 1. The Balaban J connectivity index is 1.83. The minimum atomic E-state index is -1.18. The number of hydrogen-bond acceptors (Lipinski definition) is 6. The average molecular weight is 383 g/mol. The van der Waals surface area contributed by atoms with E-state index in [1.165, 1.54) is 20.0 Å². The number of nitrogens with two attached hydrogens (primary N) is 1. The van der Waals surface area contributed by atoms with Crippen LogP contribution in [-0.2, 0) is 9.53 Å². The fourth-order valence-corrected chi connectivity index (χ4v) is 3.97. The number of rotatable bonds is 5. The van der Waals surface area contributed by atoms with E-state index < -0.39 is 11.6 Å². The molecular formula is C19H27ClN2O4. The van der Waals surface area contributed by atoms with Crippen molar-refractivity contribution in [2.24, 2.45) is 5.92 Å². The van der Waals surface area contributed by atoms with Crippen molar-refractivity contribution in [2.45, 2.75) is 38.2 Å². The molecule has 1 unspecified atom stereocenters. The third-order valence-corrected chi connectivity index (χ3v) is 5.77. The van der Waals surface area contributed by atoms with Gasteiger partial charge in [-0.2, -0.15) is 0 Å². The van der Waals surface area contributed by atoms with Crippen LogP contribution < -0.4 is 15.2 Å². The molecule has 1 aromatic rings. The summed E-state index contributed by atoms with van der Waals surface area (Å²) in [5.41, 5.74) is 5.18. The van der Waals surface area contributed by atoms with Gasteiger partial charge in [-0.1, -0.05) is 24.9 Å². The molecule has 2 heterocycles. The Morgan fingerprint density at radius 2 is 2.15 bits per heavy atom. The summed E-state index contributed by atoms with van der Waals surface area (Å²) in [5, 5.41) is 0.377. The third kappa shape index (κ3) is 3.45. The van der Waals surface area contributed by atoms with Gasteiger partial charge in [-0.15, -0.1) is 0 Å². The van der Waals surface area contributed by atoms with Crippen molar-refractivity contribution < 1.29 is 19.0 Å². The van der Waals surface area contributed by atoms with Crippen LogP contribution in [0.1, 0.15) is 32.6 Å². The minimum Gasteiger partial charge on any atom is -0.485 e. The van der Waals surface area contributed by atoms with E-state index in [1.807, 2.05) is 0 Å². The molecule has 0 aromatic heterocycles. The van der Waals surface area contributed by atoms with E-state index in [4.69, 9.17) is 31.5 Å². The highest BCUT2D eigenvalue weighted by Gasteiger charge is 2.53. The number of nitrogen functional groups attached to an aromatic ring is 1. The highest BCUT2D eigenvalue weighted by Crippen LogP contribution is 2.47. The maximum Gasteiger partial charge on any atom is 0.354 e. The summed E-state index contributed by atoms with van der Waals surface area (Å²) in [7, 11) is 1.38. The van der Waals surface area contributed by atoms with Crippen LogP contribution in [0.5, 0.6) is 11.5 Å². The summed E-state index contributed by atoms with van der Waals surface area (Å²) >= 11 is 6.12. The summed E-state index contributed by atoms with van der Waals surface area (Å²) in [6.07, 6.45) is 4.06. The van der Waals surface area contributed by atoms with Crippen LogP contribution >= 0.6 is 11.6 Å². The summed E-state index contributed by atoms with van der Waals surface area (Å²) in [5.74, 6) is 0.420. The van der Waals surface area contributed by atoms with Crippen LogP contribution in [-0.4, -0.2) is 49.8 Å². The Hall–Kier alpha value is -1.66. The van der Waals surface area contributed by atoms with E-state index in [1.54, 1.807) is 12.1 Å². The highest BCUT2D eigenvalue weighted by atomic mass is 35.5. The summed E-state index contributed by atoms with van der Waals surface area (Å²) in [4.78, 5) is 15.2. The number of halogens is 1. The molecular weight excluding hydrogens is 356 g/mol. The number of piperidine rings is 1. The van der Waals surface area contributed by atoms with E-state index in [2.05, 4.69) is 11.8 Å². The predicted molar refractivity (Wildman–Crippen MR) is 101 cm³/mol. The molecule has 0 amide bonds. The van der Waals surface area contributed by atoms with Gasteiger partial charge in [0.2, 0.25) is 5.60 Å². The topological polar surface area (TPSA) is 74.0 Å². The molecule has 3 rings (SSSR count). The third-order valence-electron chi connectivity index (χ3n) is 5.44. The van der Waals surface area contributed by atoms with Gasteiger partial charge in [0.15, 0.2) is 11.5 Å². The van der Waals surface area contributed by atoms with Gasteiger partial charge in [0.05, 0.1) is 17.8 Å². The van der Waals surface area contributed by atoms with Gasteiger partial charge in [0.1, 0.15) is 6.61 Å². The number of methoxy groups -OCH3 is 1. The molecule has 7 heteroatoms. The number of unbranched alkanes of at least 4 members (excludes halogenated alkanes) is 1. The van der Waals surface area contributed by atoms with Crippen LogP contribution in [0.4, 0.5) is 5.69 Å². The van der Waals surface area contributed by atoms with Gasteiger partial charge in [-0.05, 0) is 51.0 Å². The second-order valence-corrected chi connectivity index (χ2v) is 7.44. The molecule has 1 aromatic carbocycles. The quantitative estimate of drug-likeness (QED) is 0.623. The van der Waals surface area contributed by atoms with Gasteiger partial charge < -0.3 is 24.8 Å². The summed E-state index contributed by atoms with van der Waals surface area (Å²) in [6, 6.07) is 3.37. The van der Waals surface area contributed by atoms with Crippen molar-refractivity contribution in [3.8, 4) is 11.5 Å². The number of benzene rings is 1. The molecule has 6 nitrogen and oxygen atoms in total. The Morgan fingerprint density at radius 3 is 2.81 bits per heavy atom. The van der Waals surface area contributed by atoms with Crippen LogP contribution in [0.3, 0.4) is 0 Å². The van der Waals surface area contributed by atoms with Gasteiger partial charge >= 0.3 is 5.97 Å². The molecule has 26 heavy (non-hydrogen) atoms. The second-order valence-electron chi connectivity index (χ2n) is 7.03. The summed E-state index contributed by atoms with van der Waals surface area (Å²) < 4.78 is 17.2. The molecule has 2 N–H and O–H groups in total. The van der Waals surface area contributed by atoms with Crippen molar-refractivity contribution >= 4 is 23.3 Å². The lowest BCUT2D eigenvalue weighted by atomic mass is 9.80. The molecule has 0 radical (unpaired) electrons. The molecule has 1 saturated heterocycles. The van der Waals surface area contributed by atoms with Crippen LogP contribution in [0.25, 0.3) is 0 Å². The fraction of sp³-hybridized carbons (Fsp3) is 0.632. The normalized spacial score (nSPS) is 23.7. The number of ether oxygens (including phenoxy) is 3. The molecule has 2 aliphatic heterocycles. The van der Waals surface area contributed by atoms with E-state index >= 15 is 0 Å². The molecule has 1 fully saturated rings. The van der Waals surface area contributed by atoms with E-state index in [0.717, 1.165) is 32.5 Å². The van der Waals surface area contributed by atoms with E-state index in [0.29, 0.717) is 16.5 Å². The van der Waals surface area contributed by atoms with E-state index in [9.17, 15) is 4.79 Å². The Labute approximate surface area is 159 Å². The second kappa shape index (κ2) is 7.92. The Bertz CT molecular complexity index is 661. The first kappa shape index (κ1) is 19.1. The minimum absolute atomic E-state index is 0.000594. The van der Waals surface area contributed by atoms with Crippen LogP contribution in [0, 0.1) is 5.92 Å². The van der Waals surface area contributed by atoms with Gasteiger partial charge in [-0.3, -0.25) is 0 Å². The number of carbonyl (C=O) groups is 1. The van der Waals surface area contributed by atoms with Crippen molar-refractivity contribution in [1.82, 2.24) is 4.90 Å². The largest absolute Gasteiger partial charge is 0.485 e. The van der Waals surface area contributed by atoms with Gasteiger partial charge in [-0.25, -0.2) is 4.79 Å². The van der Waals surface area contributed by atoms with Crippen LogP contribution in [0.2, 0.25) is 5.02 Å². The summed E-state index contributed by atoms with van der Waals surface area (Å²) in [6.45, 7) is 5.28. The predicted octanol–water partition coefficient (Wildman–Crippen LogP) is 3.12. The van der Waals surface area contributed by atoms with Gasteiger partial charge in [0, 0.05) is 5.92 Å². The molecule has 0 saturated carbocycles. The number of carbonyl (C=O) groups excluding carboxylic acids is 1. The number of nitrogens with zero attached hydrogens (tertiary/aromatic N) is 1. The molecule has 144 valence electrons. The molecule has 0 aliphatic carbocycles. The van der Waals surface area contributed by atoms with Crippen molar-refractivity contribution in [3.05, 3.63) is 17.2 Å². The molecule has 2 aliphatic rings. The van der Waals surface area contributed by atoms with Crippen molar-refractivity contribution in [3.63, 3.8) is 0 Å². The maximum absolute atomic E-state index is 12.7. The SMILES string of the molecule is CCCCN1CCC(C2(C(=O)OC)COc3ccc(Cl)c(N)c3O2)CC1. The zero-order valence-corrected chi connectivity index (χ0v) is 16.2. The smallest absolute Gasteiger partial charge is 0.354 e. The lowest BCUT2D eigenvalue weighted by Gasteiger charge is -2.44. The van der Waals surface area contributed by atoms with Crippen molar-refractivity contribution in [1.29, 1.82) is 0 Å². The average Bonchev–Trinajstić information content (AvgIpc) is 2.68. The Kier molecular flexibility index (Phi) is 5.82. The van der Waals surface area contributed by atoms with E-state index in [-0.39, 0.29) is 18.2 Å². The van der Waals surface area contributed by atoms with Crippen LogP contribution in [0.15, 0.2) is 12.1 Å². The monoisotopic (exact) mass is 382 g/mol. The zero-order chi connectivity index (χ0) is 18.7. The number of anilines is 1. The highest BCUT2D eigenvalue weighted by molar-refractivity contribution is 6.33. The standard InChI is InChI=1S/C19H27ClN2O4/c1-3-4-9-22-10-7-13(8-11-22)19(18(23)24-2)12-25-15-6-5-14(20)16(21)17(15)26-19/h5-6,13H,3-4,7-12,21H2,1-2H3. The Morgan fingerprint density at radius 1 is 1.42 bits per heavy atom. The lowest BCUT2D eigenvalue weighted by Crippen LogP contribution is -2.59.